The van der Waals surface area contributed by atoms with Crippen molar-refractivity contribution >= 4 is 0 Å². The number of hydrogen-bond donors (Lipinski definition) is 1. The number of nitrogens with zero attached hydrogens (tertiary/aromatic N) is 2. The van der Waals surface area contributed by atoms with E-state index in [1.54, 1.807) is 0 Å². The number of aryl methyl sites for hydroxylation is 1. The van der Waals surface area contributed by atoms with E-state index < -0.39 is 0 Å². The fourth-order valence-corrected chi connectivity index (χ4v) is 2.45. The van der Waals surface area contributed by atoms with Gasteiger partial charge in [0.25, 0.3) is 0 Å². The van der Waals surface area contributed by atoms with Crippen LogP contribution in [0, 0.1) is 0 Å². The highest BCUT2D eigenvalue weighted by molar-refractivity contribution is 5.07. The van der Waals surface area contributed by atoms with E-state index in [-0.39, 0.29) is 0 Å². The minimum absolute atomic E-state index is 0.344. The molecule has 0 saturated carbocycles. The summed E-state index contributed by atoms with van der Waals surface area (Å²) in [6.07, 6.45) is 9.10. The Morgan fingerprint density at radius 3 is 3.11 bits per heavy atom. The summed E-state index contributed by atoms with van der Waals surface area (Å²) in [5.74, 6) is 0. The number of unbranched alkanes of at least 4 members (excludes halogenated alkanes) is 1. The quantitative estimate of drug-likeness (QED) is 0.757. The highest BCUT2D eigenvalue weighted by atomic mass is 16.5. The SMILES string of the molecule is CC(C)OCCCCn1cncc1C1CCCN1. The van der Waals surface area contributed by atoms with E-state index in [1.165, 1.54) is 18.5 Å². The molecule has 1 aromatic heterocycles. The Kier molecular flexibility index (Phi) is 5.20. The van der Waals surface area contributed by atoms with Crippen LogP contribution in [0.15, 0.2) is 12.5 Å². The van der Waals surface area contributed by atoms with Gasteiger partial charge < -0.3 is 14.6 Å². The van der Waals surface area contributed by atoms with Crippen molar-refractivity contribution in [3.05, 3.63) is 18.2 Å². The summed E-state index contributed by atoms with van der Waals surface area (Å²) in [6.45, 7) is 7.22. The molecule has 1 aromatic rings. The third-order valence-electron chi connectivity index (χ3n) is 3.41. The Balaban J connectivity index is 1.74. The molecule has 2 rings (SSSR count). The van der Waals surface area contributed by atoms with E-state index in [1.807, 2.05) is 12.5 Å². The van der Waals surface area contributed by atoms with Crippen molar-refractivity contribution in [3.63, 3.8) is 0 Å². The maximum absolute atomic E-state index is 5.55. The summed E-state index contributed by atoms with van der Waals surface area (Å²) in [5, 5.41) is 3.53. The van der Waals surface area contributed by atoms with Crippen LogP contribution in [0.1, 0.15) is 51.3 Å². The highest BCUT2D eigenvalue weighted by Gasteiger charge is 2.19. The van der Waals surface area contributed by atoms with Gasteiger partial charge in [-0.3, -0.25) is 0 Å². The minimum atomic E-state index is 0.344. The Morgan fingerprint density at radius 1 is 1.50 bits per heavy atom. The first-order valence-electron chi connectivity index (χ1n) is 7.12. The summed E-state index contributed by atoms with van der Waals surface area (Å²) >= 11 is 0. The van der Waals surface area contributed by atoms with Crippen LogP contribution in [-0.4, -0.2) is 28.8 Å². The summed E-state index contributed by atoms with van der Waals surface area (Å²) in [7, 11) is 0. The predicted molar refractivity (Wildman–Crippen MR) is 72.5 cm³/mol. The molecule has 1 aliphatic heterocycles. The molecule has 1 atom stereocenters. The van der Waals surface area contributed by atoms with Crippen molar-refractivity contribution in [1.29, 1.82) is 0 Å². The van der Waals surface area contributed by atoms with Gasteiger partial charge in [0.15, 0.2) is 0 Å². The lowest BCUT2D eigenvalue weighted by molar-refractivity contribution is 0.0754. The Morgan fingerprint density at radius 2 is 2.39 bits per heavy atom. The van der Waals surface area contributed by atoms with Crippen LogP contribution in [0.2, 0.25) is 0 Å². The van der Waals surface area contributed by atoms with Crippen LogP contribution in [0.3, 0.4) is 0 Å². The molecule has 1 saturated heterocycles. The zero-order valence-electron chi connectivity index (χ0n) is 11.6. The summed E-state index contributed by atoms with van der Waals surface area (Å²) in [6, 6.07) is 0.513. The molecule has 0 amide bonds. The average molecular weight is 251 g/mol. The second-order valence-corrected chi connectivity index (χ2v) is 5.29. The number of hydrogen-bond acceptors (Lipinski definition) is 3. The lowest BCUT2D eigenvalue weighted by atomic mass is 10.1. The van der Waals surface area contributed by atoms with E-state index in [9.17, 15) is 0 Å². The predicted octanol–water partition coefficient (Wildman–Crippen LogP) is 2.51. The first-order chi connectivity index (χ1) is 8.77. The van der Waals surface area contributed by atoms with Gasteiger partial charge in [0.1, 0.15) is 0 Å². The standard InChI is InChI=1S/C14H25N3O/c1-12(2)18-9-4-3-8-17-11-15-10-14(17)13-6-5-7-16-13/h10-13,16H,3-9H2,1-2H3. The lowest BCUT2D eigenvalue weighted by Gasteiger charge is -2.14. The third kappa shape index (κ3) is 3.82. The molecular weight excluding hydrogens is 226 g/mol. The maximum atomic E-state index is 5.55. The van der Waals surface area contributed by atoms with Crippen molar-refractivity contribution in [2.24, 2.45) is 0 Å². The maximum Gasteiger partial charge on any atom is 0.0948 e. The molecule has 4 heteroatoms. The number of nitrogens with one attached hydrogen (secondary N) is 1. The molecule has 2 heterocycles. The van der Waals surface area contributed by atoms with Gasteiger partial charge in [-0.25, -0.2) is 4.98 Å². The fourth-order valence-electron chi connectivity index (χ4n) is 2.45. The van der Waals surface area contributed by atoms with Gasteiger partial charge in [-0.1, -0.05) is 0 Å². The second kappa shape index (κ2) is 6.90. The molecule has 1 aliphatic rings. The minimum Gasteiger partial charge on any atom is -0.379 e. The van der Waals surface area contributed by atoms with Crippen molar-refractivity contribution in [2.45, 2.75) is 58.2 Å². The Hall–Kier alpha value is -0.870. The van der Waals surface area contributed by atoms with Crippen LogP contribution in [0.25, 0.3) is 0 Å². The van der Waals surface area contributed by atoms with Crippen LogP contribution in [0.4, 0.5) is 0 Å². The van der Waals surface area contributed by atoms with Gasteiger partial charge in [-0.2, -0.15) is 0 Å². The molecule has 0 radical (unpaired) electrons. The lowest BCUT2D eigenvalue weighted by Crippen LogP contribution is -2.17. The number of aromatic nitrogens is 2. The van der Waals surface area contributed by atoms with Gasteiger partial charge in [0, 0.05) is 25.4 Å². The number of imidazole rings is 1. The molecule has 1 unspecified atom stereocenters. The van der Waals surface area contributed by atoms with Crippen molar-refractivity contribution in [1.82, 2.24) is 14.9 Å². The summed E-state index contributed by atoms with van der Waals surface area (Å²) < 4.78 is 7.84. The monoisotopic (exact) mass is 251 g/mol. The molecule has 0 aromatic carbocycles. The normalized spacial score (nSPS) is 19.8. The van der Waals surface area contributed by atoms with Gasteiger partial charge in [-0.05, 0) is 46.1 Å². The van der Waals surface area contributed by atoms with Crippen LogP contribution in [0.5, 0.6) is 0 Å². The third-order valence-corrected chi connectivity index (χ3v) is 3.41. The zero-order valence-corrected chi connectivity index (χ0v) is 11.6. The van der Waals surface area contributed by atoms with Crippen LogP contribution >= 0.6 is 0 Å². The van der Waals surface area contributed by atoms with Gasteiger partial charge in [0.05, 0.1) is 18.1 Å². The zero-order chi connectivity index (χ0) is 12.8. The van der Waals surface area contributed by atoms with E-state index in [4.69, 9.17) is 4.74 Å². The largest absolute Gasteiger partial charge is 0.379 e. The van der Waals surface area contributed by atoms with E-state index >= 15 is 0 Å². The first kappa shape index (κ1) is 13.6. The number of ether oxygens (including phenoxy) is 1. The second-order valence-electron chi connectivity index (χ2n) is 5.29. The molecule has 4 nitrogen and oxygen atoms in total. The Labute approximate surface area is 110 Å². The smallest absolute Gasteiger partial charge is 0.0948 e. The first-order valence-corrected chi connectivity index (χ1v) is 7.12. The topological polar surface area (TPSA) is 39.1 Å². The molecule has 1 N–H and O–H groups in total. The van der Waals surface area contributed by atoms with Crippen molar-refractivity contribution in [3.8, 4) is 0 Å². The van der Waals surface area contributed by atoms with Crippen molar-refractivity contribution in [2.75, 3.05) is 13.2 Å². The average Bonchev–Trinajstić information content (AvgIpc) is 2.97. The molecule has 1 fully saturated rings. The van der Waals surface area contributed by atoms with E-state index in [0.29, 0.717) is 12.1 Å². The highest BCUT2D eigenvalue weighted by Crippen LogP contribution is 2.22. The van der Waals surface area contributed by atoms with Crippen LogP contribution < -0.4 is 5.32 Å². The molecule has 18 heavy (non-hydrogen) atoms. The molecular formula is C14H25N3O. The molecule has 0 aliphatic carbocycles. The molecule has 0 bridgehead atoms. The van der Waals surface area contributed by atoms with E-state index in [2.05, 4.69) is 28.7 Å². The Bertz CT molecular complexity index is 343. The number of rotatable bonds is 7. The van der Waals surface area contributed by atoms with Gasteiger partial charge >= 0.3 is 0 Å². The molecule has 102 valence electrons. The summed E-state index contributed by atoms with van der Waals surface area (Å²) in [5.41, 5.74) is 1.34. The van der Waals surface area contributed by atoms with Crippen LogP contribution in [-0.2, 0) is 11.3 Å². The van der Waals surface area contributed by atoms with E-state index in [0.717, 1.165) is 32.5 Å². The van der Waals surface area contributed by atoms with Gasteiger partial charge in [0.2, 0.25) is 0 Å². The van der Waals surface area contributed by atoms with Crippen molar-refractivity contribution < 1.29 is 4.74 Å². The molecule has 0 spiro atoms. The van der Waals surface area contributed by atoms with Gasteiger partial charge in [-0.15, -0.1) is 0 Å². The summed E-state index contributed by atoms with van der Waals surface area (Å²) in [4.78, 5) is 4.29. The fraction of sp³-hybridized carbons (Fsp3) is 0.786.